The Hall–Kier alpha value is -1.06. The van der Waals surface area contributed by atoms with E-state index in [1.165, 1.54) is 44.9 Å². The molecule has 1 unspecified atom stereocenters. The molecule has 0 radical (unpaired) electrons. The maximum Gasteiger partial charge on any atom is 0.308 e. The highest BCUT2D eigenvalue weighted by Gasteiger charge is 2.33. The van der Waals surface area contributed by atoms with Crippen molar-refractivity contribution in [1.82, 2.24) is 4.90 Å². The van der Waals surface area contributed by atoms with Gasteiger partial charge in [0.05, 0.1) is 5.92 Å². The molecule has 1 N–H and O–H groups in total. The molecule has 0 saturated carbocycles. The van der Waals surface area contributed by atoms with E-state index in [2.05, 4.69) is 6.92 Å². The van der Waals surface area contributed by atoms with Crippen molar-refractivity contribution in [2.75, 3.05) is 13.1 Å². The van der Waals surface area contributed by atoms with Crippen molar-refractivity contribution in [3.05, 3.63) is 0 Å². The number of carboxylic acid groups (broad SMARTS) is 1. The summed E-state index contributed by atoms with van der Waals surface area (Å²) in [7, 11) is 0. The van der Waals surface area contributed by atoms with Crippen molar-refractivity contribution in [1.29, 1.82) is 0 Å². The highest BCUT2D eigenvalue weighted by atomic mass is 16.4. The molecule has 0 bridgehead atoms. The Morgan fingerprint density at radius 1 is 1.10 bits per heavy atom. The molecule has 1 amide bonds. The van der Waals surface area contributed by atoms with E-state index in [1.807, 2.05) is 0 Å². The fourth-order valence-corrected chi connectivity index (χ4v) is 2.77. The van der Waals surface area contributed by atoms with Crippen LogP contribution in [0.25, 0.3) is 0 Å². The second-order valence-electron chi connectivity index (χ2n) is 5.91. The standard InChI is InChI=1S/C16H29NO3/c1-2-3-4-5-6-7-8-9-10-11-17-13-14(16(19)20)12-15(17)18/h14H,2-13H2,1H3,(H,19,20). The molecule has 20 heavy (non-hydrogen) atoms. The molecule has 4 nitrogen and oxygen atoms in total. The first-order chi connectivity index (χ1) is 9.65. The molecule has 4 heteroatoms. The molecule has 1 aliphatic rings. The predicted octanol–water partition coefficient (Wildman–Crippen LogP) is 3.45. The monoisotopic (exact) mass is 283 g/mol. The molecule has 1 atom stereocenters. The SMILES string of the molecule is CCCCCCCCCCCN1CC(C(=O)O)CC1=O. The third-order valence-electron chi connectivity index (χ3n) is 4.10. The first-order valence-corrected chi connectivity index (χ1v) is 8.15. The number of likely N-dealkylation sites (tertiary alicyclic amines) is 1. The Labute approximate surface area is 122 Å². The molecule has 0 aromatic heterocycles. The average molecular weight is 283 g/mol. The zero-order valence-electron chi connectivity index (χ0n) is 12.8. The van der Waals surface area contributed by atoms with Crippen LogP contribution in [-0.4, -0.2) is 35.0 Å². The highest BCUT2D eigenvalue weighted by molar-refractivity contribution is 5.86. The second-order valence-corrected chi connectivity index (χ2v) is 5.91. The van der Waals surface area contributed by atoms with Gasteiger partial charge in [-0.25, -0.2) is 0 Å². The lowest BCUT2D eigenvalue weighted by Crippen LogP contribution is -2.27. The zero-order valence-corrected chi connectivity index (χ0v) is 12.8. The number of unbranched alkanes of at least 4 members (excludes halogenated alkanes) is 8. The highest BCUT2D eigenvalue weighted by Crippen LogP contribution is 2.19. The van der Waals surface area contributed by atoms with Gasteiger partial charge >= 0.3 is 5.97 Å². The van der Waals surface area contributed by atoms with Crippen molar-refractivity contribution >= 4 is 11.9 Å². The Morgan fingerprint density at radius 3 is 2.15 bits per heavy atom. The number of nitrogens with zero attached hydrogens (tertiary/aromatic N) is 1. The van der Waals surface area contributed by atoms with E-state index in [4.69, 9.17) is 5.11 Å². The van der Waals surface area contributed by atoms with Gasteiger partial charge in [0.15, 0.2) is 0 Å². The molecule has 0 aliphatic carbocycles. The lowest BCUT2D eigenvalue weighted by atomic mass is 10.1. The van der Waals surface area contributed by atoms with Gasteiger partial charge in [-0.2, -0.15) is 0 Å². The van der Waals surface area contributed by atoms with Crippen LogP contribution in [0.15, 0.2) is 0 Å². The van der Waals surface area contributed by atoms with E-state index in [1.54, 1.807) is 4.90 Å². The fourth-order valence-electron chi connectivity index (χ4n) is 2.77. The van der Waals surface area contributed by atoms with Crippen molar-refractivity contribution in [2.24, 2.45) is 5.92 Å². The van der Waals surface area contributed by atoms with Gasteiger partial charge in [-0.1, -0.05) is 58.3 Å². The van der Waals surface area contributed by atoms with Gasteiger partial charge in [0.25, 0.3) is 0 Å². The van der Waals surface area contributed by atoms with Gasteiger partial charge in [-0.05, 0) is 6.42 Å². The van der Waals surface area contributed by atoms with Gasteiger partial charge in [0, 0.05) is 19.5 Å². The van der Waals surface area contributed by atoms with Crippen LogP contribution in [0.2, 0.25) is 0 Å². The third-order valence-corrected chi connectivity index (χ3v) is 4.10. The summed E-state index contributed by atoms with van der Waals surface area (Å²) in [6.07, 6.45) is 11.5. The molecular weight excluding hydrogens is 254 g/mol. The number of rotatable bonds is 11. The van der Waals surface area contributed by atoms with Gasteiger partial charge in [0.1, 0.15) is 0 Å². The molecule has 1 rings (SSSR count). The van der Waals surface area contributed by atoms with E-state index in [-0.39, 0.29) is 12.3 Å². The summed E-state index contributed by atoms with van der Waals surface area (Å²) >= 11 is 0. The molecule has 0 aromatic carbocycles. The number of carboxylic acids is 1. The third kappa shape index (κ3) is 6.40. The summed E-state index contributed by atoms with van der Waals surface area (Å²) in [5.74, 6) is -1.31. The normalized spacial score (nSPS) is 18.8. The van der Waals surface area contributed by atoms with Crippen LogP contribution in [0.1, 0.15) is 71.1 Å². The van der Waals surface area contributed by atoms with Crippen molar-refractivity contribution in [3.63, 3.8) is 0 Å². The maximum atomic E-state index is 11.6. The van der Waals surface area contributed by atoms with Crippen molar-refractivity contribution in [2.45, 2.75) is 71.1 Å². The molecule has 0 aromatic rings. The molecule has 0 spiro atoms. The van der Waals surface area contributed by atoms with Crippen LogP contribution >= 0.6 is 0 Å². The number of aliphatic carboxylic acids is 1. The van der Waals surface area contributed by atoms with Crippen LogP contribution in [-0.2, 0) is 9.59 Å². The molecule has 1 fully saturated rings. The number of carbonyl (C=O) groups is 2. The van der Waals surface area contributed by atoms with E-state index in [0.717, 1.165) is 19.4 Å². The summed E-state index contributed by atoms with van der Waals surface area (Å²) in [6.45, 7) is 3.37. The van der Waals surface area contributed by atoms with Crippen LogP contribution < -0.4 is 0 Å². The summed E-state index contributed by atoms with van der Waals surface area (Å²) < 4.78 is 0. The summed E-state index contributed by atoms with van der Waals surface area (Å²) in [5, 5.41) is 8.90. The van der Waals surface area contributed by atoms with Crippen molar-refractivity contribution in [3.8, 4) is 0 Å². The average Bonchev–Trinajstić information content (AvgIpc) is 2.79. The minimum Gasteiger partial charge on any atom is -0.481 e. The number of hydrogen-bond acceptors (Lipinski definition) is 2. The number of carbonyl (C=O) groups excluding carboxylic acids is 1. The van der Waals surface area contributed by atoms with Crippen LogP contribution in [0, 0.1) is 5.92 Å². The quantitative estimate of drug-likeness (QED) is 0.591. The van der Waals surface area contributed by atoms with Crippen LogP contribution in [0.3, 0.4) is 0 Å². The fraction of sp³-hybridized carbons (Fsp3) is 0.875. The molecule has 1 saturated heterocycles. The molecule has 1 heterocycles. The minimum absolute atomic E-state index is 0.0111. The van der Waals surface area contributed by atoms with Crippen LogP contribution in [0.4, 0.5) is 0 Å². The lowest BCUT2D eigenvalue weighted by Gasteiger charge is -2.15. The summed E-state index contributed by atoms with van der Waals surface area (Å²) in [4.78, 5) is 24.2. The van der Waals surface area contributed by atoms with E-state index in [0.29, 0.717) is 6.54 Å². The van der Waals surface area contributed by atoms with Gasteiger partial charge < -0.3 is 10.0 Å². The second kappa shape index (κ2) is 9.78. The van der Waals surface area contributed by atoms with Gasteiger partial charge in [0.2, 0.25) is 5.91 Å². The largest absolute Gasteiger partial charge is 0.481 e. The Bertz CT molecular complexity index is 304. The molecule has 1 aliphatic heterocycles. The Morgan fingerprint density at radius 2 is 1.65 bits per heavy atom. The molecular formula is C16H29NO3. The predicted molar refractivity (Wildman–Crippen MR) is 79.5 cm³/mol. The van der Waals surface area contributed by atoms with Gasteiger partial charge in [-0.15, -0.1) is 0 Å². The number of amides is 1. The Kier molecular flexibility index (Phi) is 8.31. The first kappa shape index (κ1) is 17.0. The van der Waals surface area contributed by atoms with E-state index in [9.17, 15) is 9.59 Å². The summed E-state index contributed by atoms with van der Waals surface area (Å²) in [6, 6.07) is 0. The lowest BCUT2D eigenvalue weighted by molar-refractivity contribution is -0.141. The molecule has 116 valence electrons. The zero-order chi connectivity index (χ0) is 14.8. The minimum atomic E-state index is -0.840. The van der Waals surface area contributed by atoms with Crippen LogP contribution in [0.5, 0.6) is 0 Å². The van der Waals surface area contributed by atoms with Gasteiger partial charge in [-0.3, -0.25) is 9.59 Å². The van der Waals surface area contributed by atoms with Crippen molar-refractivity contribution < 1.29 is 14.7 Å². The number of hydrogen-bond donors (Lipinski definition) is 1. The summed E-state index contributed by atoms with van der Waals surface area (Å²) in [5.41, 5.74) is 0. The first-order valence-electron chi connectivity index (χ1n) is 8.15. The van der Waals surface area contributed by atoms with E-state index >= 15 is 0 Å². The maximum absolute atomic E-state index is 11.6. The van der Waals surface area contributed by atoms with E-state index < -0.39 is 11.9 Å². The smallest absolute Gasteiger partial charge is 0.308 e. The Balaban J connectivity index is 1.96. The topological polar surface area (TPSA) is 57.6 Å².